The number of benzene rings is 1. The summed E-state index contributed by atoms with van der Waals surface area (Å²) in [5.74, 6) is 6.73. The average Bonchev–Trinajstić information content (AvgIpc) is 3.20. The highest BCUT2D eigenvalue weighted by Gasteiger charge is 2.34. The van der Waals surface area contributed by atoms with Crippen molar-refractivity contribution in [2.75, 3.05) is 25.0 Å². The van der Waals surface area contributed by atoms with Gasteiger partial charge in [0.15, 0.2) is 0 Å². The molecular weight excluding hydrogens is 328 g/mol. The number of carbonyl (C=O) groups is 2. The molecule has 0 unspecified atom stereocenters. The number of anilines is 1. The number of aromatic nitrogens is 2. The van der Waals surface area contributed by atoms with Crippen LogP contribution in [-0.4, -0.2) is 47.0 Å². The van der Waals surface area contributed by atoms with Crippen LogP contribution in [0.1, 0.15) is 52.5 Å². The Kier molecular flexibility index (Phi) is 5.37. The van der Waals surface area contributed by atoms with Crippen molar-refractivity contribution in [3.8, 4) is 11.8 Å². The van der Waals surface area contributed by atoms with Gasteiger partial charge in [0, 0.05) is 26.6 Å². The molecule has 0 saturated carbocycles. The summed E-state index contributed by atoms with van der Waals surface area (Å²) in [6.45, 7) is 3.43. The van der Waals surface area contributed by atoms with Crippen LogP contribution in [0.15, 0.2) is 30.5 Å². The summed E-state index contributed by atoms with van der Waals surface area (Å²) in [5, 5.41) is 7.04. The zero-order valence-electron chi connectivity index (χ0n) is 15.1. The molecule has 26 heavy (non-hydrogen) atoms. The Morgan fingerprint density at radius 2 is 1.88 bits per heavy atom. The van der Waals surface area contributed by atoms with E-state index in [4.69, 9.17) is 0 Å². The van der Waals surface area contributed by atoms with Gasteiger partial charge in [-0.1, -0.05) is 30.9 Å². The van der Waals surface area contributed by atoms with E-state index in [1.54, 1.807) is 30.5 Å². The van der Waals surface area contributed by atoms with E-state index < -0.39 is 0 Å². The zero-order valence-corrected chi connectivity index (χ0v) is 15.1. The minimum absolute atomic E-state index is 0.211. The van der Waals surface area contributed by atoms with Crippen molar-refractivity contribution in [1.29, 1.82) is 0 Å². The normalized spacial score (nSPS) is 12.8. The standard InChI is InChI=1S/C20H22N4O2/c1-3-12-23(2)18-15(14-21-22-18)9-5-4-8-13-24-19(25)16-10-6-7-11-17(16)20(24)26/h6-7,10-11,14H,3-4,8,12-13H2,1-2H3,(H,21,22). The third-order valence-corrected chi connectivity index (χ3v) is 4.34. The number of unbranched alkanes of at least 4 members (excludes halogenated alkanes) is 1. The average molecular weight is 350 g/mol. The fourth-order valence-corrected chi connectivity index (χ4v) is 3.03. The smallest absolute Gasteiger partial charge is 0.261 e. The molecule has 1 aromatic heterocycles. The number of amides is 2. The second kappa shape index (κ2) is 7.87. The molecule has 3 rings (SSSR count). The molecule has 0 saturated heterocycles. The molecule has 0 bridgehead atoms. The first-order chi connectivity index (χ1) is 12.6. The number of imide groups is 1. The lowest BCUT2D eigenvalue weighted by Crippen LogP contribution is -2.30. The molecule has 1 aliphatic rings. The molecule has 2 aromatic rings. The first kappa shape index (κ1) is 17.7. The van der Waals surface area contributed by atoms with Gasteiger partial charge in [0.2, 0.25) is 0 Å². The first-order valence-electron chi connectivity index (χ1n) is 8.82. The van der Waals surface area contributed by atoms with Crippen LogP contribution in [0.2, 0.25) is 0 Å². The van der Waals surface area contributed by atoms with E-state index in [1.165, 1.54) is 4.90 Å². The van der Waals surface area contributed by atoms with Gasteiger partial charge in [0.05, 0.1) is 22.9 Å². The summed E-state index contributed by atoms with van der Waals surface area (Å²) in [5.41, 5.74) is 1.85. The molecule has 1 N–H and O–H groups in total. The summed E-state index contributed by atoms with van der Waals surface area (Å²) in [6, 6.07) is 6.94. The van der Waals surface area contributed by atoms with Crippen molar-refractivity contribution < 1.29 is 9.59 Å². The van der Waals surface area contributed by atoms with Gasteiger partial charge in [-0.15, -0.1) is 0 Å². The number of carbonyl (C=O) groups excluding carboxylic acids is 2. The van der Waals surface area contributed by atoms with E-state index in [-0.39, 0.29) is 11.8 Å². The van der Waals surface area contributed by atoms with Crippen LogP contribution >= 0.6 is 0 Å². The summed E-state index contributed by atoms with van der Waals surface area (Å²) >= 11 is 0. The van der Waals surface area contributed by atoms with Crippen molar-refractivity contribution in [2.45, 2.75) is 26.2 Å². The van der Waals surface area contributed by atoms with Gasteiger partial charge in [-0.2, -0.15) is 5.10 Å². The van der Waals surface area contributed by atoms with E-state index in [0.717, 1.165) is 24.3 Å². The van der Waals surface area contributed by atoms with Gasteiger partial charge in [-0.05, 0) is 25.0 Å². The summed E-state index contributed by atoms with van der Waals surface area (Å²) in [7, 11) is 2.00. The fraction of sp³-hybridized carbons (Fsp3) is 0.350. The molecule has 134 valence electrons. The van der Waals surface area contributed by atoms with E-state index in [1.807, 2.05) is 7.05 Å². The Morgan fingerprint density at radius 1 is 1.19 bits per heavy atom. The fourth-order valence-electron chi connectivity index (χ4n) is 3.03. The molecule has 0 spiro atoms. The maximum Gasteiger partial charge on any atom is 0.261 e. The topological polar surface area (TPSA) is 69.3 Å². The summed E-state index contributed by atoms with van der Waals surface area (Å²) in [6.07, 6.45) is 4.02. The van der Waals surface area contributed by atoms with Gasteiger partial charge < -0.3 is 4.90 Å². The number of H-pyrrole nitrogens is 1. The molecule has 0 aliphatic carbocycles. The highest BCUT2D eigenvalue weighted by Crippen LogP contribution is 2.22. The maximum atomic E-state index is 12.3. The van der Waals surface area contributed by atoms with Gasteiger partial charge in [-0.25, -0.2) is 0 Å². The molecule has 6 heteroatoms. The van der Waals surface area contributed by atoms with Crippen LogP contribution in [0.4, 0.5) is 5.82 Å². The number of rotatable bonds is 6. The molecule has 2 amide bonds. The van der Waals surface area contributed by atoms with Crippen LogP contribution in [0, 0.1) is 11.8 Å². The van der Waals surface area contributed by atoms with Crippen molar-refractivity contribution >= 4 is 17.6 Å². The monoisotopic (exact) mass is 350 g/mol. The molecule has 2 heterocycles. The maximum absolute atomic E-state index is 12.3. The van der Waals surface area contributed by atoms with Crippen molar-refractivity contribution in [3.63, 3.8) is 0 Å². The molecule has 0 fully saturated rings. The lowest BCUT2D eigenvalue weighted by Gasteiger charge is -2.15. The Bertz CT molecular complexity index is 840. The Labute approximate surface area is 153 Å². The van der Waals surface area contributed by atoms with Gasteiger partial charge >= 0.3 is 0 Å². The summed E-state index contributed by atoms with van der Waals surface area (Å²) in [4.78, 5) is 28.0. The third kappa shape index (κ3) is 3.47. The second-order valence-corrected chi connectivity index (χ2v) is 6.27. The number of nitrogens with one attached hydrogen (secondary N) is 1. The SMILES string of the molecule is CCCN(C)c1[nH]ncc1C#CCCCN1C(=O)c2ccccc2C1=O. The van der Waals surface area contributed by atoms with E-state index in [9.17, 15) is 9.59 Å². The van der Waals surface area contributed by atoms with Crippen LogP contribution in [0.3, 0.4) is 0 Å². The van der Waals surface area contributed by atoms with Gasteiger partial charge in [0.1, 0.15) is 5.82 Å². The number of fused-ring (bicyclic) bond motifs is 1. The lowest BCUT2D eigenvalue weighted by molar-refractivity contribution is 0.0653. The van der Waals surface area contributed by atoms with Crippen LogP contribution < -0.4 is 4.90 Å². The van der Waals surface area contributed by atoms with Gasteiger partial charge in [0.25, 0.3) is 11.8 Å². The number of hydrogen-bond acceptors (Lipinski definition) is 4. The minimum atomic E-state index is -0.211. The zero-order chi connectivity index (χ0) is 18.5. The van der Waals surface area contributed by atoms with E-state index >= 15 is 0 Å². The highest BCUT2D eigenvalue weighted by molar-refractivity contribution is 6.21. The largest absolute Gasteiger partial charge is 0.359 e. The van der Waals surface area contributed by atoms with Crippen molar-refractivity contribution in [3.05, 3.63) is 47.2 Å². The quantitative estimate of drug-likeness (QED) is 0.494. The van der Waals surface area contributed by atoms with Gasteiger partial charge in [-0.3, -0.25) is 19.6 Å². The molecule has 0 atom stereocenters. The van der Waals surface area contributed by atoms with Crippen LogP contribution in [-0.2, 0) is 0 Å². The highest BCUT2D eigenvalue weighted by atomic mass is 16.2. The van der Waals surface area contributed by atoms with Crippen molar-refractivity contribution in [2.24, 2.45) is 0 Å². The third-order valence-electron chi connectivity index (χ3n) is 4.34. The van der Waals surface area contributed by atoms with E-state index in [0.29, 0.717) is 30.5 Å². The Balaban J connectivity index is 1.55. The number of aromatic amines is 1. The predicted molar refractivity (Wildman–Crippen MR) is 100 cm³/mol. The number of nitrogens with zero attached hydrogens (tertiary/aromatic N) is 3. The Morgan fingerprint density at radius 3 is 2.54 bits per heavy atom. The first-order valence-corrected chi connectivity index (χ1v) is 8.82. The predicted octanol–water partition coefficient (Wildman–Crippen LogP) is 2.68. The Hall–Kier alpha value is -3.07. The molecule has 1 aromatic carbocycles. The lowest BCUT2D eigenvalue weighted by atomic mass is 10.1. The van der Waals surface area contributed by atoms with Crippen LogP contribution in [0.25, 0.3) is 0 Å². The molecule has 0 radical (unpaired) electrons. The number of hydrogen-bond donors (Lipinski definition) is 1. The molecule has 6 nitrogen and oxygen atoms in total. The van der Waals surface area contributed by atoms with Crippen molar-refractivity contribution in [1.82, 2.24) is 15.1 Å². The van der Waals surface area contributed by atoms with Crippen LogP contribution in [0.5, 0.6) is 0 Å². The molecule has 1 aliphatic heterocycles. The molecular formula is C20H22N4O2. The second-order valence-electron chi connectivity index (χ2n) is 6.27. The minimum Gasteiger partial charge on any atom is -0.359 e. The summed E-state index contributed by atoms with van der Waals surface area (Å²) < 4.78 is 0. The van der Waals surface area contributed by atoms with E-state index in [2.05, 4.69) is 33.9 Å².